The van der Waals surface area contributed by atoms with Crippen LogP contribution in [0, 0.1) is 22.7 Å². The standard InChI is InChI=1S/C13H8N4O2S/c14-7-10-5-6-13(16-9-10)17-20(18,19)12-4-2-1-3-11(12)8-15/h1-6,9H,(H,16,17). The van der Waals surface area contributed by atoms with Crippen molar-refractivity contribution in [1.29, 1.82) is 10.5 Å². The van der Waals surface area contributed by atoms with Gasteiger partial charge in [-0.2, -0.15) is 10.5 Å². The topological polar surface area (TPSA) is 107 Å². The van der Waals surface area contributed by atoms with Crippen LogP contribution in [0.4, 0.5) is 5.82 Å². The second-order valence-corrected chi connectivity index (χ2v) is 5.41. The molecular formula is C13H8N4O2S. The predicted molar refractivity (Wildman–Crippen MR) is 70.9 cm³/mol. The van der Waals surface area contributed by atoms with Crippen LogP contribution in [0.25, 0.3) is 0 Å². The maximum Gasteiger partial charge on any atom is 0.264 e. The second kappa shape index (κ2) is 5.39. The van der Waals surface area contributed by atoms with E-state index in [0.29, 0.717) is 5.56 Å². The van der Waals surface area contributed by atoms with Gasteiger partial charge in [-0.3, -0.25) is 4.72 Å². The number of pyridine rings is 1. The van der Waals surface area contributed by atoms with Gasteiger partial charge in [0.25, 0.3) is 10.0 Å². The number of nitrogens with one attached hydrogen (secondary N) is 1. The minimum atomic E-state index is -3.89. The number of anilines is 1. The summed E-state index contributed by atoms with van der Waals surface area (Å²) in [4.78, 5) is 3.70. The summed E-state index contributed by atoms with van der Waals surface area (Å²) >= 11 is 0. The van der Waals surface area contributed by atoms with Gasteiger partial charge in [0.05, 0.1) is 11.1 Å². The van der Waals surface area contributed by atoms with E-state index in [1.807, 2.05) is 12.1 Å². The zero-order valence-corrected chi connectivity index (χ0v) is 10.9. The van der Waals surface area contributed by atoms with Gasteiger partial charge in [0.15, 0.2) is 0 Å². The normalized spacial score (nSPS) is 10.3. The number of nitriles is 2. The van der Waals surface area contributed by atoms with Gasteiger partial charge in [-0.25, -0.2) is 13.4 Å². The largest absolute Gasteiger partial charge is 0.264 e. The van der Waals surface area contributed by atoms with Crippen molar-refractivity contribution >= 4 is 15.8 Å². The first-order chi connectivity index (χ1) is 9.56. The van der Waals surface area contributed by atoms with Crippen molar-refractivity contribution < 1.29 is 8.42 Å². The Labute approximate surface area is 116 Å². The number of aromatic nitrogens is 1. The Morgan fingerprint density at radius 1 is 1.05 bits per heavy atom. The number of nitrogens with zero attached hydrogens (tertiary/aromatic N) is 3. The molecule has 0 bridgehead atoms. The van der Waals surface area contributed by atoms with Crippen molar-refractivity contribution in [1.82, 2.24) is 4.98 Å². The molecule has 6 nitrogen and oxygen atoms in total. The number of sulfonamides is 1. The molecule has 20 heavy (non-hydrogen) atoms. The third-order valence-electron chi connectivity index (χ3n) is 2.43. The minimum Gasteiger partial charge on any atom is -0.263 e. The maximum atomic E-state index is 12.2. The summed E-state index contributed by atoms with van der Waals surface area (Å²) in [6.45, 7) is 0. The predicted octanol–water partition coefficient (Wildman–Crippen LogP) is 1.63. The van der Waals surface area contributed by atoms with Crippen molar-refractivity contribution in [3.8, 4) is 12.1 Å². The van der Waals surface area contributed by atoms with Gasteiger partial charge in [-0.05, 0) is 24.3 Å². The molecule has 0 unspecified atom stereocenters. The van der Waals surface area contributed by atoms with Gasteiger partial charge in [-0.15, -0.1) is 0 Å². The Hall–Kier alpha value is -2.90. The quantitative estimate of drug-likeness (QED) is 0.921. The monoisotopic (exact) mass is 284 g/mol. The van der Waals surface area contributed by atoms with Crippen molar-refractivity contribution in [2.45, 2.75) is 4.90 Å². The second-order valence-electron chi connectivity index (χ2n) is 3.76. The van der Waals surface area contributed by atoms with E-state index in [9.17, 15) is 8.42 Å². The van der Waals surface area contributed by atoms with Crippen molar-refractivity contribution in [3.05, 3.63) is 53.7 Å². The summed E-state index contributed by atoms with van der Waals surface area (Å²) in [5.41, 5.74) is 0.374. The van der Waals surface area contributed by atoms with Crippen LogP contribution in [0.1, 0.15) is 11.1 Å². The molecule has 1 aromatic heterocycles. The number of hydrogen-bond donors (Lipinski definition) is 1. The van der Waals surface area contributed by atoms with Gasteiger partial charge in [0.1, 0.15) is 22.9 Å². The Balaban J connectivity index is 2.36. The number of rotatable bonds is 3. The van der Waals surface area contributed by atoms with Crippen LogP contribution in [0.3, 0.4) is 0 Å². The average molecular weight is 284 g/mol. The van der Waals surface area contributed by atoms with Gasteiger partial charge < -0.3 is 0 Å². The molecule has 1 N–H and O–H groups in total. The fourth-order valence-electron chi connectivity index (χ4n) is 1.51. The fraction of sp³-hybridized carbons (Fsp3) is 0. The highest BCUT2D eigenvalue weighted by atomic mass is 32.2. The summed E-state index contributed by atoms with van der Waals surface area (Å²) in [6.07, 6.45) is 1.26. The van der Waals surface area contributed by atoms with E-state index in [1.54, 1.807) is 6.07 Å². The molecule has 0 aliphatic rings. The SMILES string of the molecule is N#Cc1ccc(NS(=O)(=O)c2ccccc2C#N)nc1. The van der Waals surface area contributed by atoms with Crippen LogP contribution in [0.5, 0.6) is 0 Å². The first-order valence-electron chi connectivity index (χ1n) is 5.45. The maximum absolute atomic E-state index is 12.2. The number of hydrogen-bond acceptors (Lipinski definition) is 5. The van der Waals surface area contributed by atoms with Crippen LogP contribution >= 0.6 is 0 Å². The van der Waals surface area contributed by atoms with E-state index in [0.717, 1.165) is 0 Å². The van der Waals surface area contributed by atoms with E-state index in [1.165, 1.54) is 36.5 Å². The molecule has 98 valence electrons. The van der Waals surface area contributed by atoms with Crippen LogP contribution in [-0.2, 0) is 10.0 Å². The molecule has 0 radical (unpaired) electrons. The Bertz CT molecular complexity index is 815. The molecular weight excluding hydrogens is 276 g/mol. The van der Waals surface area contributed by atoms with Crippen molar-refractivity contribution in [2.24, 2.45) is 0 Å². The highest BCUT2D eigenvalue weighted by Gasteiger charge is 2.18. The molecule has 0 aliphatic carbocycles. The third kappa shape index (κ3) is 2.74. The van der Waals surface area contributed by atoms with E-state index in [2.05, 4.69) is 9.71 Å². The summed E-state index contributed by atoms with van der Waals surface area (Å²) < 4.78 is 26.6. The first kappa shape index (κ1) is 13.5. The molecule has 2 rings (SSSR count). The molecule has 2 aromatic rings. The van der Waals surface area contributed by atoms with Gasteiger partial charge in [0.2, 0.25) is 0 Å². The molecule has 0 saturated carbocycles. The molecule has 0 aliphatic heterocycles. The summed E-state index contributed by atoms with van der Waals surface area (Å²) in [7, 11) is -3.89. The highest BCUT2D eigenvalue weighted by Crippen LogP contribution is 2.18. The summed E-state index contributed by atoms with van der Waals surface area (Å²) in [6, 6.07) is 12.4. The Morgan fingerprint density at radius 3 is 2.40 bits per heavy atom. The third-order valence-corrected chi connectivity index (χ3v) is 3.84. The van der Waals surface area contributed by atoms with Gasteiger partial charge in [-0.1, -0.05) is 12.1 Å². The van der Waals surface area contributed by atoms with E-state index >= 15 is 0 Å². The Morgan fingerprint density at radius 2 is 1.80 bits per heavy atom. The zero-order chi connectivity index (χ0) is 14.6. The van der Waals surface area contributed by atoms with Gasteiger partial charge >= 0.3 is 0 Å². The number of benzene rings is 1. The smallest absolute Gasteiger partial charge is 0.263 e. The molecule has 7 heteroatoms. The molecule has 0 spiro atoms. The van der Waals surface area contributed by atoms with Crippen LogP contribution in [0.15, 0.2) is 47.5 Å². The summed E-state index contributed by atoms with van der Waals surface area (Å²) in [5.74, 6) is 0.0803. The minimum absolute atomic E-state index is 0.0497. The lowest BCUT2D eigenvalue weighted by Crippen LogP contribution is -2.15. The average Bonchev–Trinajstić information content (AvgIpc) is 2.47. The lowest BCUT2D eigenvalue weighted by atomic mass is 10.2. The zero-order valence-electron chi connectivity index (χ0n) is 10.1. The van der Waals surface area contributed by atoms with Crippen molar-refractivity contribution in [3.63, 3.8) is 0 Å². The lowest BCUT2D eigenvalue weighted by Gasteiger charge is -2.08. The van der Waals surface area contributed by atoms with E-state index in [4.69, 9.17) is 10.5 Å². The molecule has 0 amide bonds. The molecule has 1 heterocycles. The van der Waals surface area contributed by atoms with Gasteiger partial charge in [0, 0.05) is 6.20 Å². The van der Waals surface area contributed by atoms with E-state index < -0.39 is 10.0 Å². The Kier molecular flexibility index (Phi) is 3.65. The fourth-order valence-corrected chi connectivity index (χ4v) is 2.67. The lowest BCUT2D eigenvalue weighted by molar-refractivity contribution is 0.601. The molecule has 0 saturated heterocycles. The van der Waals surface area contributed by atoms with Crippen LogP contribution < -0.4 is 4.72 Å². The molecule has 1 aromatic carbocycles. The molecule has 0 fully saturated rings. The van der Waals surface area contributed by atoms with Crippen LogP contribution in [-0.4, -0.2) is 13.4 Å². The first-order valence-corrected chi connectivity index (χ1v) is 6.93. The van der Waals surface area contributed by atoms with Crippen LogP contribution in [0.2, 0.25) is 0 Å². The van der Waals surface area contributed by atoms with Crippen molar-refractivity contribution in [2.75, 3.05) is 4.72 Å². The molecule has 0 atom stereocenters. The highest BCUT2D eigenvalue weighted by molar-refractivity contribution is 7.92. The summed E-state index contributed by atoms with van der Waals surface area (Å²) in [5, 5.41) is 17.6. The van der Waals surface area contributed by atoms with E-state index in [-0.39, 0.29) is 16.3 Å².